The molecule has 0 saturated carbocycles. The normalized spacial score (nSPS) is 18.7. The van der Waals surface area contributed by atoms with Gasteiger partial charge in [0.1, 0.15) is 0 Å². The topological polar surface area (TPSA) is 36.1 Å². The molecule has 18 heavy (non-hydrogen) atoms. The van der Waals surface area contributed by atoms with Crippen LogP contribution in [-0.2, 0) is 17.6 Å². The molecule has 0 radical (unpaired) electrons. The van der Waals surface area contributed by atoms with Crippen LogP contribution in [0, 0.1) is 0 Å². The number of benzene rings is 1. The van der Waals surface area contributed by atoms with Crippen LogP contribution in [0.2, 0.25) is 0 Å². The minimum absolute atomic E-state index is 0.156. The van der Waals surface area contributed by atoms with Gasteiger partial charge in [-0.25, -0.2) is 0 Å². The van der Waals surface area contributed by atoms with E-state index in [1.807, 2.05) is 11.9 Å². The average Bonchev–Trinajstić information content (AvgIpc) is 2.75. The number of fused-ring (bicyclic) bond motifs is 3. The Labute approximate surface area is 107 Å². The molecule has 1 unspecified atom stereocenters. The third kappa shape index (κ3) is 1.70. The van der Waals surface area contributed by atoms with Gasteiger partial charge >= 0.3 is 0 Å². The van der Waals surface area contributed by atoms with Gasteiger partial charge in [0, 0.05) is 36.6 Å². The maximum Gasteiger partial charge on any atom is 0.219 e. The number of hydrogen-bond acceptors (Lipinski definition) is 1. The number of H-pyrrole nitrogens is 1. The molecule has 3 rings (SSSR count). The van der Waals surface area contributed by atoms with Crippen molar-refractivity contribution in [3.8, 4) is 0 Å². The van der Waals surface area contributed by atoms with Crippen LogP contribution in [0.25, 0.3) is 10.9 Å². The molecule has 0 fully saturated rings. The van der Waals surface area contributed by atoms with Crippen molar-refractivity contribution in [1.82, 2.24) is 9.88 Å². The highest BCUT2D eigenvalue weighted by atomic mass is 16.2. The van der Waals surface area contributed by atoms with Crippen molar-refractivity contribution in [1.29, 1.82) is 0 Å². The van der Waals surface area contributed by atoms with Crippen LogP contribution in [-0.4, -0.2) is 28.9 Å². The Kier molecular flexibility index (Phi) is 2.62. The van der Waals surface area contributed by atoms with Crippen molar-refractivity contribution < 1.29 is 4.79 Å². The van der Waals surface area contributed by atoms with E-state index in [1.54, 1.807) is 6.92 Å². The lowest BCUT2D eigenvalue weighted by Gasteiger charge is -2.30. The zero-order chi connectivity index (χ0) is 12.7. The van der Waals surface area contributed by atoms with Crippen molar-refractivity contribution in [3.05, 3.63) is 35.5 Å². The van der Waals surface area contributed by atoms with Crippen molar-refractivity contribution in [2.75, 3.05) is 7.05 Å². The quantitative estimate of drug-likeness (QED) is 0.819. The molecule has 1 amide bonds. The van der Waals surface area contributed by atoms with Crippen LogP contribution in [0.4, 0.5) is 0 Å². The molecule has 1 aliphatic carbocycles. The lowest BCUT2D eigenvalue weighted by molar-refractivity contribution is -0.129. The monoisotopic (exact) mass is 242 g/mol. The molecule has 0 saturated heterocycles. The van der Waals surface area contributed by atoms with Crippen LogP contribution in [0.3, 0.4) is 0 Å². The lowest BCUT2D eigenvalue weighted by Crippen LogP contribution is -2.39. The van der Waals surface area contributed by atoms with Gasteiger partial charge in [0.15, 0.2) is 0 Å². The molecule has 1 aromatic carbocycles. The van der Waals surface area contributed by atoms with Gasteiger partial charge in [-0.3, -0.25) is 4.79 Å². The zero-order valence-electron chi connectivity index (χ0n) is 10.9. The molecule has 1 N–H and O–H groups in total. The molecular formula is C15H18N2O. The highest BCUT2D eigenvalue weighted by molar-refractivity contribution is 5.85. The summed E-state index contributed by atoms with van der Waals surface area (Å²) in [6, 6.07) is 8.77. The van der Waals surface area contributed by atoms with Crippen LogP contribution in [0.5, 0.6) is 0 Å². The predicted octanol–water partition coefficient (Wildman–Crippen LogP) is 2.50. The van der Waals surface area contributed by atoms with Crippen molar-refractivity contribution in [3.63, 3.8) is 0 Å². The number of para-hydroxylation sites is 1. The minimum Gasteiger partial charge on any atom is -0.358 e. The summed E-state index contributed by atoms with van der Waals surface area (Å²) < 4.78 is 0. The number of aryl methyl sites for hydroxylation is 1. The number of aromatic nitrogens is 1. The Balaban J connectivity index is 1.98. The number of likely N-dealkylation sites (N-methyl/N-ethyl adjacent to an activating group) is 1. The van der Waals surface area contributed by atoms with Crippen LogP contribution < -0.4 is 0 Å². The number of nitrogens with zero attached hydrogens (tertiary/aromatic N) is 1. The Morgan fingerprint density at radius 2 is 2.17 bits per heavy atom. The summed E-state index contributed by atoms with van der Waals surface area (Å²) in [5.41, 5.74) is 3.97. The van der Waals surface area contributed by atoms with Gasteiger partial charge in [0.25, 0.3) is 0 Å². The molecule has 2 aromatic rings. The number of carbonyl (C=O) groups excluding carboxylic acids is 1. The van der Waals surface area contributed by atoms with E-state index in [-0.39, 0.29) is 5.91 Å². The number of carbonyl (C=O) groups is 1. The van der Waals surface area contributed by atoms with Crippen LogP contribution in [0.1, 0.15) is 24.6 Å². The van der Waals surface area contributed by atoms with E-state index in [4.69, 9.17) is 0 Å². The first kappa shape index (κ1) is 11.3. The lowest BCUT2D eigenvalue weighted by atomic mass is 9.90. The predicted molar refractivity (Wildman–Crippen MR) is 72.6 cm³/mol. The first-order valence-corrected chi connectivity index (χ1v) is 6.48. The van der Waals surface area contributed by atoms with E-state index >= 15 is 0 Å². The van der Waals surface area contributed by atoms with Gasteiger partial charge in [0.2, 0.25) is 5.91 Å². The number of rotatable bonds is 1. The maximum absolute atomic E-state index is 11.5. The minimum atomic E-state index is 0.156. The Bertz CT molecular complexity index is 600. The van der Waals surface area contributed by atoms with Gasteiger partial charge in [-0.15, -0.1) is 0 Å². The van der Waals surface area contributed by atoms with Crippen molar-refractivity contribution in [2.24, 2.45) is 0 Å². The highest BCUT2D eigenvalue weighted by Crippen LogP contribution is 2.30. The van der Waals surface area contributed by atoms with Gasteiger partial charge in [-0.1, -0.05) is 18.2 Å². The van der Waals surface area contributed by atoms with E-state index in [2.05, 4.69) is 29.2 Å². The standard InChI is InChI=1S/C15H18N2O/c1-10(18)17(2)11-7-8-15-13(9-11)12-5-3-4-6-14(12)16-15/h3-6,11,16H,7-9H2,1-2H3. The fraction of sp³-hybridized carbons (Fsp3) is 0.400. The molecule has 0 spiro atoms. The molecule has 3 heteroatoms. The molecule has 1 aliphatic rings. The summed E-state index contributed by atoms with van der Waals surface area (Å²) in [5, 5.41) is 1.31. The van der Waals surface area contributed by atoms with Gasteiger partial charge in [0.05, 0.1) is 0 Å². The Morgan fingerprint density at radius 3 is 2.94 bits per heavy atom. The van der Waals surface area contributed by atoms with Crippen LogP contribution >= 0.6 is 0 Å². The number of amides is 1. The number of aromatic amines is 1. The molecule has 94 valence electrons. The fourth-order valence-corrected chi connectivity index (χ4v) is 2.94. The number of nitrogens with one attached hydrogen (secondary N) is 1. The van der Waals surface area contributed by atoms with Gasteiger partial charge < -0.3 is 9.88 Å². The van der Waals surface area contributed by atoms with Gasteiger partial charge in [-0.05, 0) is 30.9 Å². The van der Waals surface area contributed by atoms with Crippen molar-refractivity contribution >= 4 is 16.8 Å². The summed E-state index contributed by atoms with van der Waals surface area (Å²) in [6.07, 6.45) is 3.05. The highest BCUT2D eigenvalue weighted by Gasteiger charge is 2.25. The van der Waals surface area contributed by atoms with E-state index in [1.165, 1.54) is 22.2 Å². The SMILES string of the molecule is CC(=O)N(C)C1CCc2[nH]c3ccccc3c2C1. The summed E-state index contributed by atoms with van der Waals surface area (Å²) in [7, 11) is 1.91. The number of hydrogen-bond donors (Lipinski definition) is 1. The molecule has 3 nitrogen and oxygen atoms in total. The Morgan fingerprint density at radius 1 is 1.39 bits per heavy atom. The van der Waals surface area contributed by atoms with E-state index < -0.39 is 0 Å². The summed E-state index contributed by atoms with van der Waals surface area (Å²) in [4.78, 5) is 16.9. The molecule has 0 aliphatic heterocycles. The van der Waals surface area contributed by atoms with E-state index in [0.717, 1.165) is 19.3 Å². The van der Waals surface area contributed by atoms with Crippen LogP contribution in [0.15, 0.2) is 24.3 Å². The second-order valence-corrected chi connectivity index (χ2v) is 5.15. The smallest absolute Gasteiger partial charge is 0.219 e. The summed E-state index contributed by atoms with van der Waals surface area (Å²) >= 11 is 0. The van der Waals surface area contributed by atoms with E-state index in [9.17, 15) is 4.79 Å². The zero-order valence-corrected chi connectivity index (χ0v) is 10.9. The summed E-state index contributed by atoms with van der Waals surface area (Å²) in [5.74, 6) is 0.156. The first-order chi connectivity index (χ1) is 8.66. The third-order valence-corrected chi connectivity index (χ3v) is 4.11. The fourth-order valence-electron chi connectivity index (χ4n) is 2.94. The molecule has 1 aromatic heterocycles. The second-order valence-electron chi connectivity index (χ2n) is 5.15. The molecule has 1 heterocycles. The third-order valence-electron chi connectivity index (χ3n) is 4.11. The Hall–Kier alpha value is -1.77. The van der Waals surface area contributed by atoms with Gasteiger partial charge in [-0.2, -0.15) is 0 Å². The maximum atomic E-state index is 11.5. The van der Waals surface area contributed by atoms with Crippen molar-refractivity contribution in [2.45, 2.75) is 32.2 Å². The summed E-state index contributed by atoms with van der Waals surface area (Å²) in [6.45, 7) is 1.64. The van der Waals surface area contributed by atoms with E-state index in [0.29, 0.717) is 6.04 Å². The molecule has 0 bridgehead atoms. The molecular weight excluding hydrogens is 224 g/mol. The first-order valence-electron chi connectivity index (χ1n) is 6.48. The average molecular weight is 242 g/mol. The largest absolute Gasteiger partial charge is 0.358 e. The molecule has 1 atom stereocenters. The second kappa shape index (κ2) is 4.16.